The molecule has 4 nitrogen and oxygen atoms in total. The van der Waals surface area contributed by atoms with Gasteiger partial charge in [0.1, 0.15) is 0 Å². The summed E-state index contributed by atoms with van der Waals surface area (Å²) < 4.78 is 0. The third-order valence-corrected chi connectivity index (χ3v) is 4.36. The predicted octanol–water partition coefficient (Wildman–Crippen LogP) is 3.32. The second-order valence-corrected chi connectivity index (χ2v) is 5.79. The van der Waals surface area contributed by atoms with Gasteiger partial charge in [-0.1, -0.05) is 43.5 Å². The largest absolute Gasteiger partial charge is 0.480 e. The lowest BCUT2D eigenvalue weighted by atomic mass is 9.76. The Morgan fingerprint density at radius 1 is 1.24 bits per heavy atom. The molecule has 0 amide bonds. The van der Waals surface area contributed by atoms with E-state index in [2.05, 4.69) is 0 Å². The molecule has 21 heavy (non-hydrogen) atoms. The highest BCUT2D eigenvalue weighted by atomic mass is 16.4. The van der Waals surface area contributed by atoms with Crippen LogP contribution in [0.5, 0.6) is 0 Å². The number of hydrogen-bond acceptors (Lipinski definition) is 3. The Bertz CT molecular complexity index is 596. The number of ketones is 1. The molecule has 0 radical (unpaired) electrons. The van der Waals surface area contributed by atoms with E-state index in [9.17, 15) is 20.0 Å². The molecule has 110 valence electrons. The molecule has 1 fully saturated rings. The minimum Gasteiger partial charge on any atom is -0.480 e. The van der Waals surface area contributed by atoms with Gasteiger partial charge in [-0.25, -0.2) is 0 Å². The van der Waals surface area contributed by atoms with Crippen LogP contribution >= 0.6 is 0 Å². The van der Waals surface area contributed by atoms with Crippen molar-refractivity contribution in [2.24, 2.45) is 5.92 Å². The van der Waals surface area contributed by atoms with E-state index >= 15 is 0 Å². The summed E-state index contributed by atoms with van der Waals surface area (Å²) in [5.74, 6) is -1.29. The number of carbonyl (C=O) groups excluding carboxylic acids is 1. The lowest BCUT2D eigenvalue weighted by Crippen LogP contribution is -2.33. The van der Waals surface area contributed by atoms with Crippen LogP contribution in [0, 0.1) is 17.2 Å². The van der Waals surface area contributed by atoms with E-state index in [-0.39, 0.29) is 11.7 Å². The number of carboxylic acids is 1. The monoisotopic (exact) mass is 285 g/mol. The second kappa shape index (κ2) is 6.09. The number of carboxylic acid groups (broad SMARTS) is 1. The van der Waals surface area contributed by atoms with Crippen LogP contribution in [0.15, 0.2) is 24.3 Å². The average molecular weight is 285 g/mol. The molecule has 1 aromatic rings. The van der Waals surface area contributed by atoms with E-state index in [4.69, 9.17) is 0 Å². The third kappa shape index (κ3) is 2.82. The molecule has 1 aliphatic carbocycles. The van der Waals surface area contributed by atoms with Crippen molar-refractivity contribution in [2.45, 2.75) is 44.4 Å². The number of nitrogens with zero attached hydrogens (tertiary/aromatic N) is 1. The molecular formula is C17H19NO3. The molecule has 1 atom stereocenters. The van der Waals surface area contributed by atoms with E-state index in [1.165, 1.54) is 6.92 Å². The fourth-order valence-electron chi connectivity index (χ4n) is 2.94. The minimum atomic E-state index is -1.69. The van der Waals surface area contributed by atoms with Crippen molar-refractivity contribution in [3.05, 3.63) is 35.4 Å². The highest BCUT2D eigenvalue weighted by Gasteiger charge is 2.39. The normalized spacial score (nSPS) is 18.5. The number of carbonyl (C=O) groups is 2. The highest BCUT2D eigenvalue weighted by molar-refractivity contribution is 6.01. The molecule has 1 aromatic carbocycles. The molecule has 1 N–H and O–H groups in total. The van der Waals surface area contributed by atoms with Gasteiger partial charge in [-0.05, 0) is 25.3 Å². The quantitative estimate of drug-likeness (QED) is 0.861. The maximum atomic E-state index is 12.7. The van der Waals surface area contributed by atoms with Crippen molar-refractivity contribution in [1.29, 1.82) is 5.26 Å². The van der Waals surface area contributed by atoms with Gasteiger partial charge >= 0.3 is 5.97 Å². The van der Waals surface area contributed by atoms with Crippen LogP contribution in [0.3, 0.4) is 0 Å². The van der Waals surface area contributed by atoms with E-state index in [1.54, 1.807) is 24.3 Å². The van der Waals surface area contributed by atoms with Crippen LogP contribution in [0.2, 0.25) is 0 Å². The summed E-state index contributed by atoms with van der Waals surface area (Å²) in [5.41, 5.74) is -1.01. The zero-order valence-corrected chi connectivity index (χ0v) is 12.1. The fourth-order valence-corrected chi connectivity index (χ4v) is 2.94. The zero-order valence-electron chi connectivity index (χ0n) is 12.1. The van der Waals surface area contributed by atoms with Crippen molar-refractivity contribution in [2.75, 3.05) is 0 Å². The Balaban J connectivity index is 2.44. The first-order valence-corrected chi connectivity index (χ1v) is 7.29. The van der Waals surface area contributed by atoms with Crippen LogP contribution in [0.25, 0.3) is 0 Å². The van der Waals surface area contributed by atoms with E-state index in [0.29, 0.717) is 11.1 Å². The fraction of sp³-hybridized carbons (Fsp3) is 0.471. The number of aliphatic carboxylic acids is 1. The minimum absolute atomic E-state index is 0.0203. The maximum Gasteiger partial charge on any atom is 0.328 e. The lowest BCUT2D eigenvalue weighted by molar-refractivity contribution is -0.141. The summed E-state index contributed by atoms with van der Waals surface area (Å²) in [4.78, 5) is 24.2. The van der Waals surface area contributed by atoms with Gasteiger partial charge in [0, 0.05) is 11.5 Å². The highest BCUT2D eigenvalue weighted by Crippen LogP contribution is 2.32. The van der Waals surface area contributed by atoms with Crippen molar-refractivity contribution in [3.8, 4) is 6.07 Å². The van der Waals surface area contributed by atoms with Gasteiger partial charge in [0.05, 0.1) is 6.07 Å². The van der Waals surface area contributed by atoms with Gasteiger partial charge in [0.25, 0.3) is 0 Å². The summed E-state index contributed by atoms with van der Waals surface area (Å²) in [6.45, 7) is 1.35. The third-order valence-electron chi connectivity index (χ3n) is 4.36. The Labute approximate surface area is 124 Å². The Morgan fingerprint density at radius 3 is 2.43 bits per heavy atom. The molecule has 0 saturated heterocycles. The van der Waals surface area contributed by atoms with E-state index < -0.39 is 11.4 Å². The first kappa shape index (κ1) is 15.2. The van der Waals surface area contributed by atoms with Gasteiger partial charge in [-0.3, -0.25) is 9.59 Å². The molecule has 1 saturated carbocycles. The van der Waals surface area contributed by atoms with Crippen molar-refractivity contribution >= 4 is 11.8 Å². The Kier molecular flexibility index (Phi) is 4.42. The molecule has 2 rings (SSSR count). The van der Waals surface area contributed by atoms with E-state index in [1.807, 2.05) is 6.07 Å². The van der Waals surface area contributed by atoms with Crippen LogP contribution in [0.1, 0.15) is 54.9 Å². The van der Waals surface area contributed by atoms with Gasteiger partial charge in [0.2, 0.25) is 0 Å². The standard InChI is InChI=1S/C17H19NO3/c1-17(11-18,16(20)21)14-10-6-5-9-13(14)15(19)12-7-3-2-4-8-12/h5-6,9-10,12H,2-4,7-8H2,1H3,(H,20,21). The molecule has 0 aromatic heterocycles. The Hall–Kier alpha value is -2.15. The summed E-state index contributed by atoms with van der Waals surface area (Å²) in [6, 6.07) is 8.45. The van der Waals surface area contributed by atoms with Crippen LogP contribution in [-0.4, -0.2) is 16.9 Å². The number of benzene rings is 1. The lowest BCUT2D eigenvalue weighted by Gasteiger charge is -2.24. The van der Waals surface area contributed by atoms with Crippen LogP contribution in [-0.2, 0) is 10.2 Å². The van der Waals surface area contributed by atoms with Gasteiger partial charge in [-0.15, -0.1) is 0 Å². The second-order valence-electron chi connectivity index (χ2n) is 5.79. The number of hydrogen-bond donors (Lipinski definition) is 1. The van der Waals surface area contributed by atoms with Gasteiger partial charge < -0.3 is 5.11 Å². The van der Waals surface area contributed by atoms with Crippen molar-refractivity contribution in [1.82, 2.24) is 0 Å². The molecule has 1 unspecified atom stereocenters. The van der Waals surface area contributed by atoms with Gasteiger partial charge in [0.15, 0.2) is 11.2 Å². The van der Waals surface area contributed by atoms with Gasteiger partial charge in [-0.2, -0.15) is 5.26 Å². The average Bonchev–Trinajstić information content (AvgIpc) is 2.54. The molecule has 4 heteroatoms. The van der Waals surface area contributed by atoms with Crippen molar-refractivity contribution in [3.63, 3.8) is 0 Å². The smallest absolute Gasteiger partial charge is 0.328 e. The molecule has 1 aliphatic rings. The number of rotatable bonds is 4. The molecular weight excluding hydrogens is 266 g/mol. The number of nitriles is 1. The summed E-state index contributed by atoms with van der Waals surface area (Å²) >= 11 is 0. The summed E-state index contributed by atoms with van der Waals surface area (Å²) in [7, 11) is 0. The van der Waals surface area contributed by atoms with Crippen molar-refractivity contribution < 1.29 is 14.7 Å². The first-order chi connectivity index (χ1) is 10.0. The molecule has 0 spiro atoms. The Morgan fingerprint density at radius 2 is 1.86 bits per heavy atom. The zero-order chi connectivity index (χ0) is 15.5. The summed E-state index contributed by atoms with van der Waals surface area (Å²) in [6.07, 6.45) is 4.92. The SMILES string of the molecule is CC(C#N)(C(=O)O)c1ccccc1C(=O)C1CCCCC1. The maximum absolute atomic E-state index is 12.7. The molecule has 0 bridgehead atoms. The van der Waals surface area contributed by atoms with Crippen LogP contribution in [0.4, 0.5) is 0 Å². The summed E-state index contributed by atoms with van der Waals surface area (Å²) in [5, 5.41) is 18.7. The van der Waals surface area contributed by atoms with E-state index in [0.717, 1.165) is 32.1 Å². The predicted molar refractivity (Wildman–Crippen MR) is 77.9 cm³/mol. The molecule has 0 aliphatic heterocycles. The number of Topliss-reactive ketones (excluding diaryl/α,β-unsaturated/α-hetero) is 1. The first-order valence-electron chi connectivity index (χ1n) is 7.29. The topological polar surface area (TPSA) is 78.2 Å². The molecule has 0 heterocycles. The van der Waals surface area contributed by atoms with Crippen LogP contribution < -0.4 is 0 Å².